The second kappa shape index (κ2) is 4.70. The third-order valence-corrected chi connectivity index (χ3v) is 3.31. The molecule has 3 nitrogen and oxygen atoms in total. The molecule has 3 heteroatoms. The Morgan fingerprint density at radius 1 is 1.47 bits per heavy atom. The van der Waals surface area contributed by atoms with Gasteiger partial charge in [-0.1, -0.05) is 17.7 Å². The van der Waals surface area contributed by atoms with Gasteiger partial charge in [0.1, 0.15) is 0 Å². The monoisotopic (exact) mass is 232 g/mol. The number of hydrogen-bond donors (Lipinski definition) is 1. The van der Waals surface area contributed by atoms with E-state index in [2.05, 4.69) is 0 Å². The van der Waals surface area contributed by atoms with Crippen LogP contribution in [0, 0.1) is 12.8 Å². The summed E-state index contributed by atoms with van der Waals surface area (Å²) in [4.78, 5) is 22.5. The number of carbonyl (C=O) groups is 2. The average Bonchev–Trinajstić information content (AvgIpc) is 2.56. The minimum atomic E-state index is -0.788. The first-order chi connectivity index (χ1) is 8.08. The molecule has 1 aliphatic rings. The summed E-state index contributed by atoms with van der Waals surface area (Å²) in [6.45, 7) is 1.98. The molecule has 0 aliphatic heterocycles. The Kier molecular flexibility index (Phi) is 3.27. The first-order valence-electron chi connectivity index (χ1n) is 5.93. The lowest BCUT2D eigenvalue weighted by Crippen LogP contribution is -2.09. The maximum Gasteiger partial charge on any atom is 0.303 e. The van der Waals surface area contributed by atoms with E-state index in [4.69, 9.17) is 5.11 Å². The van der Waals surface area contributed by atoms with Crippen LogP contribution in [0.4, 0.5) is 0 Å². The maximum atomic E-state index is 12.1. The van der Waals surface area contributed by atoms with Gasteiger partial charge in [-0.25, -0.2) is 0 Å². The fourth-order valence-electron chi connectivity index (χ4n) is 2.41. The van der Waals surface area contributed by atoms with Crippen LogP contribution in [0.25, 0.3) is 0 Å². The topological polar surface area (TPSA) is 54.4 Å². The van der Waals surface area contributed by atoms with Gasteiger partial charge in [-0.3, -0.25) is 9.59 Å². The number of hydrogen-bond acceptors (Lipinski definition) is 2. The van der Waals surface area contributed by atoms with Gasteiger partial charge in [-0.2, -0.15) is 0 Å². The Morgan fingerprint density at radius 2 is 2.24 bits per heavy atom. The van der Waals surface area contributed by atoms with Crippen molar-refractivity contribution in [2.75, 3.05) is 0 Å². The number of rotatable bonds is 4. The van der Waals surface area contributed by atoms with Crippen molar-refractivity contribution >= 4 is 11.8 Å². The van der Waals surface area contributed by atoms with Crippen molar-refractivity contribution in [1.82, 2.24) is 0 Å². The lowest BCUT2D eigenvalue weighted by atomic mass is 9.98. The van der Waals surface area contributed by atoms with E-state index in [1.807, 2.05) is 25.1 Å². The lowest BCUT2D eigenvalue weighted by Gasteiger charge is -2.05. The summed E-state index contributed by atoms with van der Waals surface area (Å²) in [5.41, 5.74) is 3.05. The van der Waals surface area contributed by atoms with E-state index in [1.54, 1.807) is 0 Å². The number of fused-ring (bicyclic) bond motifs is 1. The van der Waals surface area contributed by atoms with Crippen LogP contribution in [-0.2, 0) is 11.2 Å². The minimum absolute atomic E-state index is 0.00819. The van der Waals surface area contributed by atoms with Crippen molar-refractivity contribution < 1.29 is 14.7 Å². The molecule has 0 saturated heterocycles. The minimum Gasteiger partial charge on any atom is -0.481 e. The number of benzene rings is 1. The van der Waals surface area contributed by atoms with Crippen LogP contribution in [-0.4, -0.2) is 16.9 Å². The summed E-state index contributed by atoms with van der Waals surface area (Å²) in [5, 5.41) is 8.58. The lowest BCUT2D eigenvalue weighted by molar-refractivity contribution is -0.137. The number of aliphatic carboxylic acids is 1. The van der Waals surface area contributed by atoms with Gasteiger partial charge < -0.3 is 5.11 Å². The first kappa shape index (κ1) is 11.8. The molecule has 0 amide bonds. The van der Waals surface area contributed by atoms with Crippen molar-refractivity contribution in [3.05, 3.63) is 34.9 Å². The Bertz CT molecular complexity index is 463. The summed E-state index contributed by atoms with van der Waals surface area (Å²) < 4.78 is 0. The molecule has 0 bridgehead atoms. The third kappa shape index (κ3) is 2.54. The van der Waals surface area contributed by atoms with Crippen LogP contribution in [0.2, 0.25) is 0 Å². The third-order valence-electron chi connectivity index (χ3n) is 3.31. The molecule has 0 aromatic heterocycles. The Hall–Kier alpha value is -1.64. The molecule has 0 radical (unpaired) electrons. The molecule has 1 aromatic rings. The van der Waals surface area contributed by atoms with Gasteiger partial charge in [0.15, 0.2) is 5.78 Å². The van der Waals surface area contributed by atoms with E-state index >= 15 is 0 Å². The second-order valence-electron chi connectivity index (χ2n) is 4.71. The molecule has 1 N–H and O–H groups in total. The number of ketones is 1. The van der Waals surface area contributed by atoms with Crippen LogP contribution < -0.4 is 0 Å². The van der Waals surface area contributed by atoms with Crippen molar-refractivity contribution in [3.8, 4) is 0 Å². The average molecular weight is 232 g/mol. The second-order valence-corrected chi connectivity index (χ2v) is 4.71. The zero-order chi connectivity index (χ0) is 12.4. The van der Waals surface area contributed by atoms with Crippen molar-refractivity contribution in [2.24, 2.45) is 5.92 Å². The van der Waals surface area contributed by atoms with E-state index in [-0.39, 0.29) is 18.1 Å². The molecular formula is C14H16O3. The maximum absolute atomic E-state index is 12.1. The SMILES string of the molecule is Cc1ccc2c(c1)C(=O)C(CCCC(=O)O)C2. The molecule has 2 rings (SSSR count). The van der Waals surface area contributed by atoms with Gasteiger partial charge in [-0.15, -0.1) is 0 Å². The summed E-state index contributed by atoms with van der Waals surface area (Å²) in [6, 6.07) is 5.97. The van der Waals surface area contributed by atoms with E-state index in [9.17, 15) is 9.59 Å². The summed E-state index contributed by atoms with van der Waals surface area (Å²) >= 11 is 0. The zero-order valence-corrected chi connectivity index (χ0v) is 9.90. The van der Waals surface area contributed by atoms with Gasteiger partial charge in [-0.05, 0) is 37.8 Å². The van der Waals surface area contributed by atoms with Crippen molar-refractivity contribution in [1.29, 1.82) is 0 Å². The number of carboxylic acid groups (broad SMARTS) is 1. The Labute approximate surface area is 100 Å². The van der Waals surface area contributed by atoms with Crippen LogP contribution in [0.5, 0.6) is 0 Å². The number of carbonyl (C=O) groups excluding carboxylic acids is 1. The number of carboxylic acids is 1. The highest BCUT2D eigenvalue weighted by Gasteiger charge is 2.29. The zero-order valence-electron chi connectivity index (χ0n) is 9.90. The van der Waals surface area contributed by atoms with E-state index in [1.165, 1.54) is 0 Å². The van der Waals surface area contributed by atoms with Crippen LogP contribution >= 0.6 is 0 Å². The molecule has 0 heterocycles. The molecule has 1 aliphatic carbocycles. The van der Waals surface area contributed by atoms with E-state index in [0.29, 0.717) is 12.8 Å². The first-order valence-corrected chi connectivity index (χ1v) is 5.93. The van der Waals surface area contributed by atoms with Crippen LogP contribution in [0.3, 0.4) is 0 Å². The molecule has 0 fully saturated rings. The highest BCUT2D eigenvalue weighted by Crippen LogP contribution is 2.30. The van der Waals surface area contributed by atoms with Gasteiger partial charge in [0.2, 0.25) is 0 Å². The van der Waals surface area contributed by atoms with Gasteiger partial charge in [0, 0.05) is 17.9 Å². The standard InChI is InChI=1S/C14H16O3/c1-9-5-6-10-8-11(3-2-4-13(15)16)14(17)12(10)7-9/h5-7,11H,2-4,8H2,1H3,(H,15,16). The molecule has 1 atom stereocenters. The number of Topliss-reactive ketones (excluding diaryl/α,β-unsaturated/α-hetero) is 1. The molecule has 90 valence electrons. The fraction of sp³-hybridized carbons (Fsp3) is 0.429. The summed E-state index contributed by atoms with van der Waals surface area (Å²) in [6.07, 6.45) is 2.19. The molecule has 17 heavy (non-hydrogen) atoms. The molecule has 0 spiro atoms. The fourth-order valence-corrected chi connectivity index (χ4v) is 2.41. The van der Waals surface area contributed by atoms with Crippen molar-refractivity contribution in [3.63, 3.8) is 0 Å². The molecule has 1 unspecified atom stereocenters. The molecular weight excluding hydrogens is 216 g/mol. The smallest absolute Gasteiger partial charge is 0.303 e. The highest BCUT2D eigenvalue weighted by atomic mass is 16.4. The largest absolute Gasteiger partial charge is 0.481 e. The highest BCUT2D eigenvalue weighted by molar-refractivity contribution is 6.02. The van der Waals surface area contributed by atoms with Crippen LogP contribution in [0.1, 0.15) is 40.7 Å². The quantitative estimate of drug-likeness (QED) is 0.868. The summed E-state index contributed by atoms with van der Waals surface area (Å²) in [7, 11) is 0. The molecule has 1 aromatic carbocycles. The van der Waals surface area contributed by atoms with E-state index in [0.717, 1.165) is 23.1 Å². The Morgan fingerprint density at radius 3 is 2.94 bits per heavy atom. The van der Waals surface area contributed by atoms with Gasteiger partial charge in [0.25, 0.3) is 0 Å². The van der Waals surface area contributed by atoms with Gasteiger partial charge >= 0.3 is 5.97 Å². The Balaban J connectivity index is 2.02. The van der Waals surface area contributed by atoms with E-state index < -0.39 is 5.97 Å². The normalized spacial score (nSPS) is 18.2. The van der Waals surface area contributed by atoms with Crippen LogP contribution in [0.15, 0.2) is 18.2 Å². The predicted octanol–water partition coefficient (Wildman–Crippen LogP) is 2.60. The number of aryl methyl sites for hydroxylation is 1. The van der Waals surface area contributed by atoms with Gasteiger partial charge in [0.05, 0.1) is 0 Å². The predicted molar refractivity (Wildman–Crippen MR) is 64.2 cm³/mol. The summed E-state index contributed by atoms with van der Waals surface area (Å²) in [5.74, 6) is -0.607. The molecule has 0 saturated carbocycles. The van der Waals surface area contributed by atoms with Crippen molar-refractivity contribution in [2.45, 2.75) is 32.6 Å².